The first kappa shape index (κ1) is 17.0. The number of phenolic OH excluding ortho intramolecular Hbond substituents is 1. The van der Waals surface area contributed by atoms with Gasteiger partial charge in [-0.1, -0.05) is 36.9 Å². The van der Waals surface area contributed by atoms with Crippen LogP contribution in [0.25, 0.3) is 6.08 Å². The monoisotopic (exact) mass is 329 g/mol. The van der Waals surface area contributed by atoms with Crippen LogP contribution in [0.3, 0.4) is 0 Å². The summed E-state index contributed by atoms with van der Waals surface area (Å²) < 4.78 is 5.27. The summed E-state index contributed by atoms with van der Waals surface area (Å²) in [5, 5.41) is 18.7. The Morgan fingerprint density at radius 1 is 1.21 bits per heavy atom. The van der Waals surface area contributed by atoms with E-state index in [2.05, 4.69) is 11.4 Å². The van der Waals surface area contributed by atoms with Crippen LogP contribution in [0.1, 0.15) is 16.7 Å². The normalized spacial score (nSPS) is 10.0. The summed E-state index contributed by atoms with van der Waals surface area (Å²) in [4.78, 5) is 26.4. The summed E-state index contributed by atoms with van der Waals surface area (Å²) in [6.45, 7) is 3.46. The molecule has 0 spiro atoms. The number of ether oxygens (including phenoxy) is 1. The van der Waals surface area contributed by atoms with E-state index in [9.17, 15) is 20.0 Å². The van der Waals surface area contributed by atoms with Gasteiger partial charge >= 0.3 is 5.97 Å². The fourth-order valence-electron chi connectivity index (χ4n) is 1.99. The summed E-state index contributed by atoms with van der Waals surface area (Å²) in [6, 6.07) is 11.0. The van der Waals surface area contributed by atoms with E-state index >= 15 is 0 Å². The van der Waals surface area contributed by atoms with Gasteiger partial charge in [-0.05, 0) is 29.3 Å². The molecule has 0 bridgehead atoms. The number of hydrogen-bond acceptors (Lipinski definition) is 6. The summed E-state index contributed by atoms with van der Waals surface area (Å²) in [6.07, 6.45) is 1.51. The molecule has 2 aromatic carbocycles. The van der Waals surface area contributed by atoms with Crippen molar-refractivity contribution in [3.05, 3.63) is 75.8 Å². The average Bonchev–Trinajstić information content (AvgIpc) is 2.55. The number of benzene rings is 2. The minimum absolute atomic E-state index is 0.0355. The molecule has 0 aliphatic carbocycles. The average molecular weight is 329 g/mol. The van der Waals surface area contributed by atoms with Gasteiger partial charge in [0, 0.05) is 5.56 Å². The van der Waals surface area contributed by atoms with Crippen molar-refractivity contribution in [2.75, 3.05) is 0 Å². The van der Waals surface area contributed by atoms with E-state index in [1.54, 1.807) is 24.3 Å². The molecule has 0 aliphatic rings. The number of aromatic hydroxyl groups is 1. The van der Waals surface area contributed by atoms with E-state index in [1.165, 1.54) is 24.3 Å². The molecule has 0 heterocycles. The molecule has 0 aromatic heterocycles. The Kier molecular flexibility index (Phi) is 5.51. The van der Waals surface area contributed by atoms with E-state index < -0.39 is 11.1 Å². The van der Waals surface area contributed by atoms with Gasteiger partial charge in [-0.15, -0.1) is 10.1 Å². The second-order valence-corrected chi connectivity index (χ2v) is 4.89. The molecule has 2 aromatic rings. The third kappa shape index (κ3) is 4.84. The molecule has 0 aliphatic heterocycles. The topological polar surface area (TPSA) is 98.9 Å². The van der Waals surface area contributed by atoms with E-state index in [1.807, 2.05) is 0 Å². The van der Waals surface area contributed by atoms with Gasteiger partial charge < -0.3 is 14.7 Å². The molecule has 7 heteroatoms. The quantitative estimate of drug-likeness (QED) is 0.363. The zero-order valence-electron chi connectivity index (χ0n) is 12.7. The maximum absolute atomic E-state index is 12.0. The van der Waals surface area contributed by atoms with Gasteiger partial charge in [0.1, 0.15) is 18.1 Å². The predicted molar refractivity (Wildman–Crippen MR) is 85.8 cm³/mol. The van der Waals surface area contributed by atoms with Crippen molar-refractivity contribution in [1.82, 2.24) is 0 Å². The minimum Gasteiger partial charge on any atom is -0.508 e. The molecule has 2 rings (SSSR count). The van der Waals surface area contributed by atoms with E-state index in [-0.39, 0.29) is 18.8 Å². The van der Waals surface area contributed by atoms with Crippen LogP contribution in [-0.2, 0) is 22.7 Å². The fraction of sp³-hybridized carbons (Fsp3) is 0.118. The molecule has 0 atom stereocenters. The van der Waals surface area contributed by atoms with Crippen molar-refractivity contribution in [2.24, 2.45) is 0 Å². The number of phenols is 1. The van der Waals surface area contributed by atoms with Gasteiger partial charge in [0.2, 0.25) is 0 Å². The largest absolute Gasteiger partial charge is 0.508 e. The smallest absolute Gasteiger partial charge is 0.315 e. The van der Waals surface area contributed by atoms with Crippen LogP contribution >= 0.6 is 0 Å². The van der Waals surface area contributed by atoms with Crippen LogP contribution in [0.4, 0.5) is 0 Å². The highest BCUT2D eigenvalue weighted by molar-refractivity contribution is 5.76. The second-order valence-electron chi connectivity index (χ2n) is 4.89. The van der Waals surface area contributed by atoms with Crippen LogP contribution in [0.15, 0.2) is 49.0 Å². The molecule has 7 nitrogen and oxygen atoms in total. The molecule has 24 heavy (non-hydrogen) atoms. The molecule has 124 valence electrons. The first-order valence-corrected chi connectivity index (χ1v) is 6.99. The lowest BCUT2D eigenvalue weighted by atomic mass is 10.1. The molecular formula is C17H15NO6. The van der Waals surface area contributed by atoms with E-state index in [4.69, 9.17) is 4.74 Å². The zero-order valence-corrected chi connectivity index (χ0v) is 12.7. The van der Waals surface area contributed by atoms with Gasteiger partial charge in [0.05, 0.1) is 6.42 Å². The number of hydrogen-bond donors (Lipinski definition) is 1. The summed E-state index contributed by atoms with van der Waals surface area (Å²) >= 11 is 0. The third-order valence-electron chi connectivity index (χ3n) is 3.15. The molecule has 0 saturated heterocycles. The molecule has 0 fully saturated rings. The van der Waals surface area contributed by atoms with Crippen LogP contribution in [0, 0.1) is 10.1 Å². The van der Waals surface area contributed by atoms with Crippen LogP contribution in [0.2, 0.25) is 0 Å². The maximum Gasteiger partial charge on any atom is 0.315 e. The highest BCUT2D eigenvalue weighted by atomic mass is 16.9. The lowest BCUT2D eigenvalue weighted by Crippen LogP contribution is -2.12. The number of nitrogens with zero attached hydrogens (tertiary/aromatic N) is 1. The van der Waals surface area contributed by atoms with Crippen LogP contribution in [-0.4, -0.2) is 16.2 Å². The first-order valence-electron chi connectivity index (χ1n) is 6.99. The van der Waals surface area contributed by atoms with Gasteiger partial charge in [0.25, 0.3) is 5.09 Å². The third-order valence-corrected chi connectivity index (χ3v) is 3.15. The Hall–Kier alpha value is -3.35. The summed E-state index contributed by atoms with van der Waals surface area (Å²) in [7, 11) is 0. The molecule has 0 unspecified atom stereocenters. The molecule has 1 N–H and O–H groups in total. The summed E-state index contributed by atoms with van der Waals surface area (Å²) in [5.74, 6) is -0.112. The van der Waals surface area contributed by atoms with Crippen molar-refractivity contribution in [2.45, 2.75) is 13.0 Å². The highest BCUT2D eigenvalue weighted by Gasteiger charge is 2.10. The first-order chi connectivity index (χ1) is 11.5. The maximum atomic E-state index is 12.0. The SMILES string of the molecule is C=Cc1cc(O)ccc1OC(=O)Cc1ccc(CO[N+](=O)[O-])cc1. The Morgan fingerprint density at radius 2 is 1.88 bits per heavy atom. The van der Waals surface area contributed by atoms with Crippen molar-refractivity contribution >= 4 is 12.0 Å². The zero-order chi connectivity index (χ0) is 17.5. The fourth-order valence-corrected chi connectivity index (χ4v) is 1.99. The van der Waals surface area contributed by atoms with Gasteiger partial charge in [-0.25, -0.2) is 0 Å². The molecule has 0 radical (unpaired) electrons. The standard InChI is InChI=1S/C17H15NO6/c1-2-14-10-15(19)7-8-16(14)24-17(20)9-12-3-5-13(6-4-12)11-23-18(21)22/h2-8,10,19H,1,9,11H2. The number of carbonyl (C=O) groups excluding carboxylic acids is 1. The number of esters is 1. The van der Waals surface area contributed by atoms with E-state index in [0.717, 1.165) is 0 Å². The van der Waals surface area contributed by atoms with Gasteiger partial charge in [-0.3, -0.25) is 4.79 Å². The summed E-state index contributed by atoms with van der Waals surface area (Å²) in [5.41, 5.74) is 1.83. The minimum atomic E-state index is -0.861. The van der Waals surface area contributed by atoms with Crippen LogP contribution < -0.4 is 4.74 Å². The van der Waals surface area contributed by atoms with Gasteiger partial charge in [-0.2, -0.15) is 0 Å². The van der Waals surface area contributed by atoms with Crippen molar-refractivity contribution in [1.29, 1.82) is 0 Å². The van der Waals surface area contributed by atoms with Crippen LogP contribution in [0.5, 0.6) is 11.5 Å². The molecule has 0 amide bonds. The Balaban J connectivity index is 1.97. The lowest BCUT2D eigenvalue weighted by Gasteiger charge is -2.08. The Bertz CT molecular complexity index is 754. The van der Waals surface area contributed by atoms with Crippen molar-refractivity contribution in [3.63, 3.8) is 0 Å². The highest BCUT2D eigenvalue weighted by Crippen LogP contribution is 2.24. The number of rotatable bonds is 7. The molecular weight excluding hydrogens is 314 g/mol. The number of carbonyl (C=O) groups is 1. The predicted octanol–water partition coefficient (Wildman–Crippen LogP) is 2.89. The van der Waals surface area contributed by atoms with E-state index in [0.29, 0.717) is 22.4 Å². The van der Waals surface area contributed by atoms with Gasteiger partial charge in [0.15, 0.2) is 0 Å². The van der Waals surface area contributed by atoms with Crippen molar-refractivity contribution < 1.29 is 24.6 Å². The Labute approximate surface area is 137 Å². The van der Waals surface area contributed by atoms with Crippen molar-refractivity contribution in [3.8, 4) is 11.5 Å². The lowest BCUT2D eigenvalue weighted by molar-refractivity contribution is -0.763. The second kappa shape index (κ2) is 7.77. The Morgan fingerprint density at radius 3 is 2.50 bits per heavy atom. The molecule has 0 saturated carbocycles.